The van der Waals surface area contributed by atoms with E-state index in [9.17, 15) is 0 Å². The van der Waals surface area contributed by atoms with Crippen molar-refractivity contribution in [2.24, 2.45) is 0 Å². The van der Waals surface area contributed by atoms with E-state index in [-0.39, 0.29) is 0 Å². The number of benzene rings is 4. The molecule has 0 fully saturated rings. The first-order valence-corrected chi connectivity index (χ1v) is 14.9. The van der Waals surface area contributed by atoms with Gasteiger partial charge in [-0.2, -0.15) is 0 Å². The van der Waals surface area contributed by atoms with Gasteiger partial charge in [0.15, 0.2) is 5.82 Å². The maximum atomic E-state index is 5.49. The summed E-state index contributed by atoms with van der Waals surface area (Å²) >= 11 is 1.83. The van der Waals surface area contributed by atoms with Gasteiger partial charge >= 0.3 is 0 Å². The molecule has 0 bridgehead atoms. The Morgan fingerprint density at radius 3 is 1.72 bits per heavy atom. The molecular formula is C37H21N5S. The summed E-state index contributed by atoms with van der Waals surface area (Å²) < 4.78 is 2.50. The Balaban J connectivity index is 1.46. The Morgan fingerprint density at radius 2 is 1.07 bits per heavy atom. The summed E-state index contributed by atoms with van der Waals surface area (Å²) in [6, 6.07) is 35.7. The van der Waals surface area contributed by atoms with Crippen LogP contribution in [0.25, 0.3) is 86.7 Å². The predicted octanol–water partition coefficient (Wildman–Crippen LogP) is 9.49. The fourth-order valence-electron chi connectivity index (χ4n) is 6.13. The first-order chi connectivity index (χ1) is 21.3. The highest BCUT2D eigenvalue weighted by Crippen LogP contribution is 2.46. The Bertz CT molecular complexity index is 2450. The van der Waals surface area contributed by atoms with Gasteiger partial charge in [-0.3, -0.25) is 9.97 Å². The van der Waals surface area contributed by atoms with Crippen LogP contribution in [0.2, 0.25) is 0 Å². The predicted molar refractivity (Wildman–Crippen MR) is 177 cm³/mol. The van der Waals surface area contributed by atoms with Crippen LogP contribution >= 0.6 is 11.3 Å². The molecule has 0 aliphatic rings. The van der Waals surface area contributed by atoms with E-state index in [1.165, 1.54) is 30.9 Å². The second kappa shape index (κ2) is 9.48. The number of rotatable bonds is 3. The third-order valence-corrected chi connectivity index (χ3v) is 9.24. The third-order valence-electron chi connectivity index (χ3n) is 8.04. The van der Waals surface area contributed by atoms with Crippen molar-refractivity contribution in [2.45, 2.75) is 0 Å². The van der Waals surface area contributed by atoms with E-state index < -0.39 is 0 Å². The molecule has 0 saturated heterocycles. The molecule has 43 heavy (non-hydrogen) atoms. The van der Waals surface area contributed by atoms with Gasteiger partial charge in [-0.05, 0) is 47.2 Å². The summed E-state index contributed by atoms with van der Waals surface area (Å²) in [5, 5.41) is 8.15. The van der Waals surface area contributed by atoms with Crippen molar-refractivity contribution in [1.82, 2.24) is 24.9 Å². The van der Waals surface area contributed by atoms with Gasteiger partial charge < -0.3 is 0 Å². The van der Waals surface area contributed by atoms with Crippen LogP contribution in [0.1, 0.15) is 0 Å². The SMILES string of the molecule is c1cncc(-c2cc(-c3cccnc3)nc(-c3nc4c(c5ccccc35)c3ccccc3c3sc5ccccc5c43)n2)c1. The van der Waals surface area contributed by atoms with E-state index in [1.807, 2.05) is 54.1 Å². The molecule has 0 aliphatic heterocycles. The van der Waals surface area contributed by atoms with E-state index in [2.05, 4.69) is 82.8 Å². The second-order valence-corrected chi connectivity index (χ2v) is 11.6. The number of aromatic nitrogens is 5. The van der Waals surface area contributed by atoms with Gasteiger partial charge in [0.25, 0.3) is 0 Å². The number of fused-ring (bicyclic) bond motifs is 10. The molecule has 200 valence electrons. The first kappa shape index (κ1) is 24.1. The third kappa shape index (κ3) is 3.74. The Kier molecular flexibility index (Phi) is 5.30. The van der Waals surface area contributed by atoms with Crippen molar-refractivity contribution >= 4 is 64.0 Å². The molecule has 4 aromatic carbocycles. The summed E-state index contributed by atoms with van der Waals surface area (Å²) in [5.74, 6) is 0.569. The highest BCUT2D eigenvalue weighted by atomic mass is 32.1. The van der Waals surface area contributed by atoms with Gasteiger partial charge in [0, 0.05) is 72.2 Å². The molecule has 0 aliphatic carbocycles. The first-order valence-electron chi connectivity index (χ1n) is 14.1. The van der Waals surface area contributed by atoms with Crippen LogP contribution in [-0.2, 0) is 0 Å². The largest absolute Gasteiger partial charge is 0.264 e. The number of nitrogens with zero attached hydrogens (tertiary/aromatic N) is 5. The lowest BCUT2D eigenvalue weighted by molar-refractivity contribution is 1.16. The van der Waals surface area contributed by atoms with Crippen LogP contribution in [0.4, 0.5) is 0 Å². The topological polar surface area (TPSA) is 64.5 Å². The average Bonchev–Trinajstić information content (AvgIpc) is 3.49. The molecule has 5 nitrogen and oxygen atoms in total. The number of pyridine rings is 3. The number of hydrogen-bond acceptors (Lipinski definition) is 6. The minimum Gasteiger partial charge on any atom is -0.264 e. The lowest BCUT2D eigenvalue weighted by Gasteiger charge is -2.14. The van der Waals surface area contributed by atoms with E-state index >= 15 is 0 Å². The summed E-state index contributed by atoms with van der Waals surface area (Å²) in [6.45, 7) is 0. The van der Waals surface area contributed by atoms with Gasteiger partial charge in [0.1, 0.15) is 5.69 Å². The normalized spacial score (nSPS) is 11.7. The number of thiophene rings is 1. The highest BCUT2D eigenvalue weighted by Gasteiger charge is 2.21. The minimum atomic E-state index is 0.569. The molecule has 0 N–H and O–H groups in total. The average molecular weight is 568 g/mol. The fourth-order valence-corrected chi connectivity index (χ4v) is 7.38. The quantitative estimate of drug-likeness (QED) is 0.199. The van der Waals surface area contributed by atoms with Gasteiger partial charge in [0.05, 0.1) is 16.9 Å². The maximum absolute atomic E-state index is 5.49. The van der Waals surface area contributed by atoms with Crippen LogP contribution in [-0.4, -0.2) is 24.9 Å². The van der Waals surface area contributed by atoms with Crippen LogP contribution < -0.4 is 0 Å². The highest BCUT2D eigenvalue weighted by molar-refractivity contribution is 7.27. The Hall–Kier alpha value is -5.59. The Morgan fingerprint density at radius 1 is 0.488 bits per heavy atom. The van der Waals surface area contributed by atoms with Gasteiger partial charge in [-0.1, -0.05) is 66.7 Å². The minimum absolute atomic E-state index is 0.569. The molecule has 0 radical (unpaired) electrons. The molecule has 9 aromatic rings. The van der Waals surface area contributed by atoms with E-state index in [0.717, 1.165) is 49.9 Å². The van der Waals surface area contributed by atoms with Crippen LogP contribution in [0, 0.1) is 0 Å². The summed E-state index contributed by atoms with van der Waals surface area (Å²) in [4.78, 5) is 24.4. The monoisotopic (exact) mass is 567 g/mol. The Labute approximate surface area is 250 Å². The van der Waals surface area contributed by atoms with Crippen LogP contribution in [0.3, 0.4) is 0 Å². The van der Waals surface area contributed by atoms with Gasteiger partial charge in [-0.15, -0.1) is 11.3 Å². The van der Waals surface area contributed by atoms with Crippen molar-refractivity contribution in [3.05, 3.63) is 128 Å². The molecule has 5 aromatic heterocycles. The van der Waals surface area contributed by atoms with Crippen LogP contribution in [0.15, 0.2) is 128 Å². The van der Waals surface area contributed by atoms with Gasteiger partial charge in [0.2, 0.25) is 0 Å². The lowest BCUT2D eigenvalue weighted by atomic mass is 9.95. The number of hydrogen-bond donors (Lipinski definition) is 0. The fraction of sp³-hybridized carbons (Fsp3) is 0. The maximum Gasteiger partial charge on any atom is 0.179 e. The van der Waals surface area contributed by atoms with Gasteiger partial charge in [-0.25, -0.2) is 15.0 Å². The molecule has 9 rings (SSSR count). The molecule has 0 saturated carbocycles. The second-order valence-electron chi connectivity index (χ2n) is 10.5. The van der Waals surface area contributed by atoms with Crippen molar-refractivity contribution in [3.8, 4) is 34.0 Å². The zero-order valence-electron chi connectivity index (χ0n) is 22.8. The van der Waals surface area contributed by atoms with E-state index in [0.29, 0.717) is 5.82 Å². The van der Waals surface area contributed by atoms with Crippen molar-refractivity contribution < 1.29 is 0 Å². The summed E-state index contributed by atoms with van der Waals surface area (Å²) in [7, 11) is 0. The zero-order chi connectivity index (χ0) is 28.3. The summed E-state index contributed by atoms with van der Waals surface area (Å²) in [6.07, 6.45) is 7.20. The molecule has 6 heteroatoms. The molecule has 0 atom stereocenters. The summed E-state index contributed by atoms with van der Waals surface area (Å²) in [5.41, 5.74) is 5.13. The molecular weight excluding hydrogens is 547 g/mol. The van der Waals surface area contributed by atoms with Crippen molar-refractivity contribution in [3.63, 3.8) is 0 Å². The molecule has 5 heterocycles. The van der Waals surface area contributed by atoms with Crippen molar-refractivity contribution in [2.75, 3.05) is 0 Å². The lowest BCUT2D eigenvalue weighted by Crippen LogP contribution is -1.99. The van der Waals surface area contributed by atoms with E-state index in [1.54, 1.807) is 12.4 Å². The standard InChI is InChI=1S/C37H21N5S/c1-3-13-26-24(11-1)32-25-12-2-4-14-27(25)36-33(28-15-5-6-16-31(28)43-36)35(32)42-34(26)37-40-29(22-9-7-17-38-20-22)19-30(41-37)23-10-8-18-39-21-23/h1-21H. The van der Waals surface area contributed by atoms with Crippen LogP contribution in [0.5, 0.6) is 0 Å². The van der Waals surface area contributed by atoms with Crippen molar-refractivity contribution in [1.29, 1.82) is 0 Å². The molecule has 0 spiro atoms. The smallest absolute Gasteiger partial charge is 0.179 e. The molecule has 0 unspecified atom stereocenters. The molecule has 0 amide bonds. The zero-order valence-corrected chi connectivity index (χ0v) is 23.6. The van der Waals surface area contributed by atoms with E-state index in [4.69, 9.17) is 15.0 Å².